The molecule has 1 aromatic carbocycles. The Hall–Kier alpha value is -3.99. The maximum atomic E-state index is 15.4. The van der Waals surface area contributed by atoms with Crippen molar-refractivity contribution < 1.29 is 18.7 Å². The number of piperidine rings is 2. The van der Waals surface area contributed by atoms with Crippen LogP contribution >= 0.6 is 0 Å². The highest BCUT2D eigenvalue weighted by Gasteiger charge is 2.28. The van der Waals surface area contributed by atoms with E-state index in [-0.39, 0.29) is 30.5 Å². The highest BCUT2D eigenvalue weighted by molar-refractivity contribution is 5.94. The minimum absolute atomic E-state index is 0.0528. The molecular formula is C31H33F2N7O2. The number of aliphatic hydroxyl groups is 1. The van der Waals surface area contributed by atoms with Gasteiger partial charge in [-0.15, -0.1) is 0 Å². The quantitative estimate of drug-likeness (QED) is 0.365. The van der Waals surface area contributed by atoms with Gasteiger partial charge in [0.25, 0.3) is 5.91 Å². The first kappa shape index (κ1) is 26.9. The van der Waals surface area contributed by atoms with Crippen LogP contribution in [0.3, 0.4) is 0 Å². The monoisotopic (exact) mass is 573 g/mol. The number of fused-ring (bicyclic) bond motifs is 1. The molecule has 1 N–H and O–H groups in total. The van der Waals surface area contributed by atoms with Gasteiger partial charge in [-0.05, 0) is 67.7 Å². The first-order valence-corrected chi connectivity index (χ1v) is 14.8. The van der Waals surface area contributed by atoms with Gasteiger partial charge in [0.05, 0.1) is 17.2 Å². The standard InChI is InChI=1S/C31H33F2N7O2/c32-25-12-21(30(42)39-9-1-2-24(41)16-39)6-5-20(25)13-27-28-26(33)17-40(29(28)37-18-36-27)23-7-10-38(11-8-23)31-34-14-22(15-35-31)19-3-4-19/h5-6,12,14-15,17-19,23-24,41H,1-4,7-11,13,16H2/t24-/m1/s1. The van der Waals surface area contributed by atoms with Crippen LogP contribution in [-0.4, -0.2) is 72.7 Å². The number of nitrogens with zero attached hydrogens (tertiary/aromatic N) is 7. The second kappa shape index (κ2) is 11.0. The van der Waals surface area contributed by atoms with Gasteiger partial charge in [0.1, 0.15) is 17.8 Å². The number of rotatable bonds is 6. The molecule has 3 aliphatic rings. The number of halogens is 2. The molecule has 0 unspecified atom stereocenters. The Bertz CT molecular complexity index is 1610. The van der Waals surface area contributed by atoms with Crippen molar-refractivity contribution in [1.29, 1.82) is 0 Å². The highest BCUT2D eigenvalue weighted by Crippen LogP contribution is 2.39. The maximum Gasteiger partial charge on any atom is 0.254 e. The van der Waals surface area contributed by atoms with E-state index in [0.717, 1.165) is 31.9 Å². The molecule has 42 heavy (non-hydrogen) atoms. The molecule has 7 rings (SSSR count). The van der Waals surface area contributed by atoms with E-state index in [2.05, 4.69) is 24.8 Å². The van der Waals surface area contributed by atoms with Crippen molar-refractivity contribution in [2.24, 2.45) is 0 Å². The van der Waals surface area contributed by atoms with Crippen molar-refractivity contribution in [3.63, 3.8) is 0 Å². The van der Waals surface area contributed by atoms with Crippen molar-refractivity contribution in [2.75, 3.05) is 31.1 Å². The Labute approximate surface area is 242 Å². The number of benzene rings is 1. The van der Waals surface area contributed by atoms with Crippen LogP contribution in [0, 0.1) is 11.6 Å². The van der Waals surface area contributed by atoms with Gasteiger partial charge < -0.3 is 19.5 Å². The predicted molar refractivity (Wildman–Crippen MR) is 152 cm³/mol. The van der Waals surface area contributed by atoms with Crippen LogP contribution in [0.1, 0.15) is 77.7 Å². The number of likely N-dealkylation sites (tertiary alicyclic amines) is 1. The van der Waals surface area contributed by atoms with Gasteiger partial charge in [-0.3, -0.25) is 4.79 Å². The fourth-order valence-electron chi connectivity index (χ4n) is 6.30. The molecule has 1 atom stereocenters. The fourth-order valence-corrected chi connectivity index (χ4v) is 6.30. The van der Waals surface area contributed by atoms with Crippen LogP contribution < -0.4 is 4.90 Å². The summed E-state index contributed by atoms with van der Waals surface area (Å²) in [4.78, 5) is 34.5. The smallest absolute Gasteiger partial charge is 0.254 e. The molecule has 0 radical (unpaired) electrons. The normalized spacial score (nSPS) is 19.9. The summed E-state index contributed by atoms with van der Waals surface area (Å²) in [6.45, 7) is 2.28. The predicted octanol–water partition coefficient (Wildman–Crippen LogP) is 4.41. The number of anilines is 1. The lowest BCUT2D eigenvalue weighted by Crippen LogP contribution is -2.42. The second-order valence-corrected chi connectivity index (χ2v) is 11.7. The van der Waals surface area contributed by atoms with Crippen molar-refractivity contribution >= 4 is 22.9 Å². The van der Waals surface area contributed by atoms with E-state index >= 15 is 8.78 Å². The number of carbonyl (C=O) groups is 1. The number of hydrogen-bond donors (Lipinski definition) is 1. The van der Waals surface area contributed by atoms with Crippen molar-refractivity contribution in [3.05, 3.63) is 77.1 Å². The zero-order valence-electron chi connectivity index (χ0n) is 23.3. The largest absolute Gasteiger partial charge is 0.391 e. The van der Waals surface area contributed by atoms with Crippen molar-refractivity contribution in [1.82, 2.24) is 29.4 Å². The molecule has 2 aliphatic heterocycles. The molecule has 2 saturated heterocycles. The van der Waals surface area contributed by atoms with Crippen LogP contribution in [0.4, 0.5) is 14.7 Å². The number of β-amino-alcohol motifs (C(OH)–C–C–N with tert-alkyl or cyclic N) is 1. The topological polar surface area (TPSA) is 100 Å². The van der Waals surface area contributed by atoms with E-state index in [1.807, 2.05) is 17.0 Å². The molecule has 1 amide bonds. The van der Waals surface area contributed by atoms with Gasteiger partial charge in [-0.1, -0.05) is 6.07 Å². The third kappa shape index (κ3) is 5.21. The van der Waals surface area contributed by atoms with E-state index in [1.165, 1.54) is 37.0 Å². The molecule has 1 saturated carbocycles. The summed E-state index contributed by atoms with van der Waals surface area (Å²) in [5.41, 5.74) is 2.65. The Morgan fingerprint density at radius 1 is 0.952 bits per heavy atom. The number of hydrogen-bond acceptors (Lipinski definition) is 7. The first-order chi connectivity index (χ1) is 20.4. The summed E-state index contributed by atoms with van der Waals surface area (Å²) < 4.78 is 32.5. The van der Waals surface area contributed by atoms with Gasteiger partial charge >= 0.3 is 0 Å². The number of aromatic nitrogens is 5. The minimum atomic E-state index is -0.556. The lowest BCUT2D eigenvalue weighted by molar-refractivity contribution is 0.0473. The third-order valence-electron chi connectivity index (χ3n) is 8.83. The zero-order chi connectivity index (χ0) is 28.8. The van der Waals surface area contributed by atoms with E-state index in [4.69, 9.17) is 0 Å². The van der Waals surface area contributed by atoms with Crippen LogP contribution in [0.25, 0.3) is 11.0 Å². The van der Waals surface area contributed by atoms with Crippen LogP contribution in [-0.2, 0) is 6.42 Å². The maximum absolute atomic E-state index is 15.4. The van der Waals surface area contributed by atoms with Crippen LogP contribution in [0.15, 0.2) is 43.1 Å². The fraction of sp³-hybridized carbons (Fsp3) is 0.452. The SMILES string of the molecule is O=C(c1ccc(Cc2ncnc3c2c(F)cn3C2CCN(c3ncc(C4CC4)cn3)CC2)c(F)c1)N1CCC[C@@H](O)C1. The third-order valence-corrected chi connectivity index (χ3v) is 8.83. The molecule has 3 fully saturated rings. The van der Waals surface area contributed by atoms with Gasteiger partial charge in [-0.25, -0.2) is 28.7 Å². The summed E-state index contributed by atoms with van der Waals surface area (Å²) in [6, 6.07) is 4.41. The average molecular weight is 574 g/mol. The minimum Gasteiger partial charge on any atom is -0.391 e. The van der Waals surface area contributed by atoms with Crippen LogP contribution in [0.2, 0.25) is 0 Å². The highest BCUT2D eigenvalue weighted by atomic mass is 19.1. The molecule has 0 bridgehead atoms. The van der Waals surface area contributed by atoms with Gasteiger partial charge in [0.15, 0.2) is 5.82 Å². The van der Waals surface area contributed by atoms with Gasteiger partial charge in [0.2, 0.25) is 5.95 Å². The number of carbonyl (C=O) groups excluding carboxylic acids is 1. The molecule has 0 spiro atoms. The summed E-state index contributed by atoms with van der Waals surface area (Å²) in [5, 5.41) is 10.2. The van der Waals surface area contributed by atoms with Crippen LogP contribution in [0.5, 0.6) is 0 Å². The van der Waals surface area contributed by atoms with E-state index in [1.54, 1.807) is 17.0 Å². The van der Waals surface area contributed by atoms with Crippen molar-refractivity contribution in [3.8, 4) is 0 Å². The molecule has 4 aromatic rings. The Kier molecular flexibility index (Phi) is 7.05. The summed E-state index contributed by atoms with van der Waals surface area (Å²) in [5.74, 6) is 0.0606. The summed E-state index contributed by atoms with van der Waals surface area (Å²) in [7, 11) is 0. The second-order valence-electron chi connectivity index (χ2n) is 11.7. The van der Waals surface area contributed by atoms with E-state index in [9.17, 15) is 9.90 Å². The zero-order valence-corrected chi connectivity index (χ0v) is 23.3. The number of amides is 1. The molecule has 9 nitrogen and oxygen atoms in total. The molecular weight excluding hydrogens is 540 g/mol. The Morgan fingerprint density at radius 3 is 2.45 bits per heavy atom. The average Bonchev–Trinajstić information content (AvgIpc) is 3.81. The van der Waals surface area contributed by atoms with E-state index in [0.29, 0.717) is 47.6 Å². The Morgan fingerprint density at radius 2 is 1.74 bits per heavy atom. The first-order valence-electron chi connectivity index (χ1n) is 14.8. The molecule has 1 aliphatic carbocycles. The lowest BCUT2D eigenvalue weighted by atomic mass is 10.0. The van der Waals surface area contributed by atoms with E-state index < -0.39 is 17.7 Å². The molecule has 11 heteroatoms. The lowest BCUT2D eigenvalue weighted by Gasteiger charge is -2.32. The van der Waals surface area contributed by atoms with Crippen molar-refractivity contribution in [2.45, 2.75) is 63.0 Å². The Balaban J connectivity index is 1.06. The molecule has 218 valence electrons. The van der Waals surface area contributed by atoms with Gasteiger partial charge in [-0.2, -0.15) is 0 Å². The molecule has 3 aromatic heterocycles. The summed E-state index contributed by atoms with van der Waals surface area (Å²) >= 11 is 0. The van der Waals surface area contributed by atoms with Gasteiger partial charge in [0, 0.05) is 62.8 Å². The summed E-state index contributed by atoms with van der Waals surface area (Å²) in [6.07, 6.45) is 11.6. The molecule has 5 heterocycles. The number of aliphatic hydroxyl groups excluding tert-OH is 1.